The van der Waals surface area contributed by atoms with Crippen molar-refractivity contribution in [1.29, 1.82) is 0 Å². The lowest BCUT2D eigenvalue weighted by Crippen LogP contribution is -2.36. The van der Waals surface area contributed by atoms with E-state index in [9.17, 15) is 0 Å². The van der Waals surface area contributed by atoms with Crippen LogP contribution < -0.4 is 0 Å². The number of ether oxygens (including phenoxy) is 1. The molecule has 0 aromatic carbocycles. The van der Waals surface area contributed by atoms with Gasteiger partial charge in [0, 0.05) is 0 Å². The average Bonchev–Trinajstić information content (AvgIpc) is 2.56. The van der Waals surface area contributed by atoms with Crippen molar-refractivity contribution in [3.63, 3.8) is 0 Å². The fourth-order valence-corrected chi connectivity index (χ4v) is 3.69. The van der Waals surface area contributed by atoms with Crippen LogP contribution in [0.25, 0.3) is 0 Å². The summed E-state index contributed by atoms with van der Waals surface area (Å²) in [4.78, 5) is 0. The fraction of sp³-hybridized carbons (Fsp3) is 1.00. The molecule has 2 rings (SSSR count). The molecule has 0 aromatic rings. The number of rotatable bonds is 1. The Bertz CT molecular complexity index is 226. The average molecular weight is 210 g/mol. The van der Waals surface area contributed by atoms with E-state index in [0.717, 1.165) is 17.8 Å². The summed E-state index contributed by atoms with van der Waals surface area (Å²) in [6, 6.07) is 0. The minimum Gasteiger partial charge on any atom is -0.374 e. The van der Waals surface area contributed by atoms with Gasteiger partial charge in [-0.1, -0.05) is 41.0 Å². The predicted molar refractivity (Wildman–Crippen MR) is 63.8 cm³/mol. The van der Waals surface area contributed by atoms with Crippen LogP contribution in [0.15, 0.2) is 0 Å². The van der Waals surface area contributed by atoms with Gasteiger partial charge in [-0.2, -0.15) is 0 Å². The first-order valence-electron chi connectivity index (χ1n) is 6.56. The topological polar surface area (TPSA) is 9.23 Å². The molecular formula is C14H26O. The normalized spacial score (nSPS) is 41.2. The van der Waals surface area contributed by atoms with E-state index >= 15 is 0 Å². The zero-order chi connectivity index (χ0) is 11.2. The molecule has 1 saturated heterocycles. The van der Waals surface area contributed by atoms with Gasteiger partial charge in [0.05, 0.1) is 12.2 Å². The molecule has 1 heterocycles. The third kappa shape index (κ3) is 1.95. The van der Waals surface area contributed by atoms with Gasteiger partial charge in [-0.25, -0.2) is 0 Å². The Morgan fingerprint density at radius 2 is 1.80 bits per heavy atom. The smallest absolute Gasteiger partial charge is 0.0661 e. The van der Waals surface area contributed by atoms with E-state index in [1.807, 2.05) is 0 Å². The highest BCUT2D eigenvalue weighted by Crippen LogP contribution is 2.50. The van der Waals surface area contributed by atoms with Crippen molar-refractivity contribution >= 4 is 0 Å². The highest BCUT2D eigenvalue weighted by Gasteiger charge is 2.51. The first-order valence-corrected chi connectivity index (χ1v) is 6.56. The maximum atomic E-state index is 6.32. The molecule has 2 aliphatic rings. The van der Waals surface area contributed by atoms with Crippen molar-refractivity contribution in [3.05, 3.63) is 0 Å². The second-order valence-corrected chi connectivity index (χ2v) is 6.88. The van der Waals surface area contributed by atoms with Crippen molar-refractivity contribution in [1.82, 2.24) is 0 Å². The molecule has 1 aliphatic carbocycles. The van der Waals surface area contributed by atoms with Gasteiger partial charge in [0.1, 0.15) is 0 Å². The second-order valence-electron chi connectivity index (χ2n) is 6.88. The molecule has 0 spiro atoms. The van der Waals surface area contributed by atoms with E-state index in [1.165, 1.54) is 19.3 Å². The quantitative estimate of drug-likeness (QED) is 0.638. The lowest BCUT2D eigenvalue weighted by molar-refractivity contribution is -0.0369. The largest absolute Gasteiger partial charge is 0.374 e. The second kappa shape index (κ2) is 3.76. The summed E-state index contributed by atoms with van der Waals surface area (Å²) >= 11 is 0. The summed E-state index contributed by atoms with van der Waals surface area (Å²) in [5, 5.41) is 0. The molecular weight excluding hydrogens is 184 g/mol. The van der Waals surface area contributed by atoms with Gasteiger partial charge in [-0.05, 0) is 36.0 Å². The Morgan fingerprint density at radius 1 is 1.13 bits per heavy atom. The highest BCUT2D eigenvalue weighted by atomic mass is 16.5. The van der Waals surface area contributed by atoms with E-state index in [1.54, 1.807) is 0 Å². The third-order valence-electron chi connectivity index (χ3n) is 4.29. The summed E-state index contributed by atoms with van der Waals surface area (Å²) in [6.45, 7) is 11.7. The number of fused-ring (bicyclic) bond motifs is 1. The molecule has 2 fully saturated rings. The Morgan fingerprint density at radius 3 is 2.33 bits per heavy atom. The fourth-order valence-electron chi connectivity index (χ4n) is 3.69. The van der Waals surface area contributed by atoms with Crippen LogP contribution in [0, 0.1) is 23.2 Å². The molecule has 88 valence electrons. The Hall–Kier alpha value is -0.0400. The van der Waals surface area contributed by atoms with Crippen LogP contribution in [-0.2, 0) is 4.74 Å². The molecule has 1 heteroatoms. The lowest BCUT2D eigenvalue weighted by atomic mass is 9.72. The van der Waals surface area contributed by atoms with E-state index in [0.29, 0.717) is 17.6 Å². The zero-order valence-electron chi connectivity index (χ0n) is 10.9. The molecule has 0 bridgehead atoms. The molecule has 1 aliphatic heterocycles. The summed E-state index contributed by atoms with van der Waals surface area (Å²) in [6.07, 6.45) is 5.16. The van der Waals surface area contributed by atoms with E-state index in [2.05, 4.69) is 34.6 Å². The molecule has 0 radical (unpaired) electrons. The first-order chi connectivity index (χ1) is 6.91. The third-order valence-corrected chi connectivity index (χ3v) is 4.29. The van der Waals surface area contributed by atoms with E-state index in [4.69, 9.17) is 4.74 Å². The summed E-state index contributed by atoms with van der Waals surface area (Å²) in [7, 11) is 0. The summed E-state index contributed by atoms with van der Waals surface area (Å²) in [5.74, 6) is 2.41. The van der Waals surface area contributed by atoms with Crippen LogP contribution in [-0.4, -0.2) is 12.2 Å². The van der Waals surface area contributed by atoms with Crippen molar-refractivity contribution in [2.24, 2.45) is 23.2 Å². The molecule has 3 unspecified atom stereocenters. The van der Waals surface area contributed by atoms with Gasteiger partial charge >= 0.3 is 0 Å². The van der Waals surface area contributed by atoms with Crippen molar-refractivity contribution in [2.75, 3.05) is 0 Å². The Balaban J connectivity index is 2.19. The van der Waals surface area contributed by atoms with Gasteiger partial charge in [-0.15, -0.1) is 0 Å². The molecule has 1 saturated carbocycles. The van der Waals surface area contributed by atoms with Crippen LogP contribution in [0.2, 0.25) is 0 Å². The summed E-state index contributed by atoms with van der Waals surface area (Å²) < 4.78 is 6.32. The molecule has 1 nitrogen and oxygen atoms in total. The van der Waals surface area contributed by atoms with E-state index < -0.39 is 0 Å². The molecule has 0 amide bonds. The van der Waals surface area contributed by atoms with Crippen molar-refractivity contribution in [3.8, 4) is 0 Å². The minimum absolute atomic E-state index is 0.305. The molecule has 4 atom stereocenters. The first kappa shape index (κ1) is 11.4. The molecule has 0 aromatic heterocycles. The van der Waals surface area contributed by atoms with Crippen molar-refractivity contribution in [2.45, 2.75) is 66.1 Å². The van der Waals surface area contributed by atoms with Crippen LogP contribution in [0.5, 0.6) is 0 Å². The number of hydrogen-bond donors (Lipinski definition) is 0. The SMILES string of the molecule is CC(C)[C@@H]1C2CCCC2OC1C(C)(C)C. The number of hydrogen-bond acceptors (Lipinski definition) is 1. The minimum atomic E-state index is 0.305. The van der Waals surface area contributed by atoms with Gasteiger partial charge in [-0.3, -0.25) is 0 Å². The van der Waals surface area contributed by atoms with E-state index in [-0.39, 0.29) is 0 Å². The maximum absolute atomic E-state index is 6.32. The lowest BCUT2D eigenvalue weighted by Gasteiger charge is -2.35. The highest BCUT2D eigenvalue weighted by molar-refractivity contribution is 4.98. The van der Waals surface area contributed by atoms with Gasteiger partial charge in [0.25, 0.3) is 0 Å². The van der Waals surface area contributed by atoms with Gasteiger partial charge < -0.3 is 4.74 Å². The monoisotopic (exact) mass is 210 g/mol. The predicted octanol–water partition coefficient (Wildman–Crippen LogP) is 3.87. The van der Waals surface area contributed by atoms with Crippen LogP contribution in [0.3, 0.4) is 0 Å². The Labute approximate surface area is 94.6 Å². The van der Waals surface area contributed by atoms with Crippen molar-refractivity contribution < 1.29 is 4.74 Å². The van der Waals surface area contributed by atoms with Gasteiger partial charge in [0.15, 0.2) is 0 Å². The van der Waals surface area contributed by atoms with Crippen LogP contribution >= 0.6 is 0 Å². The summed E-state index contributed by atoms with van der Waals surface area (Å²) in [5.41, 5.74) is 0.305. The zero-order valence-corrected chi connectivity index (χ0v) is 10.9. The van der Waals surface area contributed by atoms with Crippen LogP contribution in [0.4, 0.5) is 0 Å². The van der Waals surface area contributed by atoms with Gasteiger partial charge in [0.2, 0.25) is 0 Å². The maximum Gasteiger partial charge on any atom is 0.0661 e. The van der Waals surface area contributed by atoms with Crippen LogP contribution in [0.1, 0.15) is 53.9 Å². The molecule has 15 heavy (non-hydrogen) atoms. The standard InChI is InChI=1S/C14H26O/c1-9(2)12-10-7-6-8-11(10)15-13(12)14(3,4)5/h9-13H,6-8H2,1-5H3/t10?,11?,12-,13?/m1/s1. The molecule has 0 N–H and O–H groups in total. The Kier molecular flexibility index (Phi) is 2.87.